The first kappa shape index (κ1) is 18.4. The van der Waals surface area contributed by atoms with E-state index in [1.54, 1.807) is 16.7 Å². The van der Waals surface area contributed by atoms with Gasteiger partial charge in [0.1, 0.15) is 0 Å². The van der Waals surface area contributed by atoms with Crippen LogP contribution in [-0.2, 0) is 21.4 Å². The first-order chi connectivity index (χ1) is 12.3. The lowest BCUT2D eigenvalue weighted by atomic mass is 10.4. The van der Waals surface area contributed by atoms with Gasteiger partial charge in [-0.25, -0.2) is 17.9 Å². The topological polar surface area (TPSA) is 119 Å². The van der Waals surface area contributed by atoms with Crippen LogP contribution in [0, 0.1) is 0 Å². The van der Waals surface area contributed by atoms with E-state index in [1.807, 2.05) is 0 Å². The molecule has 1 aliphatic rings. The number of hydrogen-bond acceptors (Lipinski definition) is 6. The second-order valence-corrected chi connectivity index (χ2v) is 8.37. The molecular formula is C15H21N5O5S. The van der Waals surface area contributed by atoms with Crippen LogP contribution in [0.3, 0.4) is 0 Å². The van der Waals surface area contributed by atoms with Gasteiger partial charge in [-0.2, -0.15) is 4.31 Å². The van der Waals surface area contributed by atoms with E-state index >= 15 is 0 Å². The predicted octanol–water partition coefficient (Wildman–Crippen LogP) is -0.353. The third-order valence-corrected chi connectivity index (χ3v) is 5.36. The van der Waals surface area contributed by atoms with E-state index in [9.17, 15) is 18.0 Å². The number of amides is 1. The van der Waals surface area contributed by atoms with E-state index in [0.29, 0.717) is 11.6 Å². The third kappa shape index (κ3) is 4.05. The highest BCUT2D eigenvalue weighted by molar-refractivity contribution is 7.88. The van der Waals surface area contributed by atoms with Gasteiger partial charge < -0.3 is 9.73 Å². The predicted molar refractivity (Wildman–Crippen MR) is 92.9 cm³/mol. The zero-order valence-electron chi connectivity index (χ0n) is 14.6. The SMILES string of the molecule is CN(CC(=O)NCCn1nc(-c2ccco2)n(C2CC2)c1=O)S(C)(=O)=O. The first-order valence-corrected chi connectivity index (χ1v) is 10.0. The highest BCUT2D eigenvalue weighted by atomic mass is 32.2. The van der Waals surface area contributed by atoms with E-state index < -0.39 is 15.9 Å². The van der Waals surface area contributed by atoms with Gasteiger partial charge in [0.05, 0.1) is 25.6 Å². The quantitative estimate of drug-likeness (QED) is 0.665. The van der Waals surface area contributed by atoms with Crippen LogP contribution in [0.4, 0.5) is 0 Å². The van der Waals surface area contributed by atoms with Crippen LogP contribution in [0.2, 0.25) is 0 Å². The Morgan fingerprint density at radius 3 is 2.77 bits per heavy atom. The molecule has 142 valence electrons. The van der Waals surface area contributed by atoms with Gasteiger partial charge in [-0.3, -0.25) is 9.36 Å². The molecule has 2 aromatic heterocycles. The fourth-order valence-electron chi connectivity index (χ4n) is 2.48. The molecule has 1 aliphatic carbocycles. The summed E-state index contributed by atoms with van der Waals surface area (Å²) in [5.74, 6) is 0.552. The molecule has 1 fully saturated rings. The van der Waals surface area contributed by atoms with Crippen LogP contribution >= 0.6 is 0 Å². The van der Waals surface area contributed by atoms with Crippen LogP contribution < -0.4 is 11.0 Å². The largest absolute Gasteiger partial charge is 0.461 e. The number of rotatable bonds is 8. The minimum Gasteiger partial charge on any atom is -0.461 e. The molecule has 0 unspecified atom stereocenters. The van der Waals surface area contributed by atoms with Crippen molar-refractivity contribution in [2.45, 2.75) is 25.4 Å². The van der Waals surface area contributed by atoms with Crippen molar-refractivity contribution in [1.82, 2.24) is 24.0 Å². The number of carbonyl (C=O) groups is 1. The number of sulfonamides is 1. The fourth-order valence-corrected chi connectivity index (χ4v) is 2.83. The van der Waals surface area contributed by atoms with E-state index in [0.717, 1.165) is 23.4 Å². The molecule has 10 nitrogen and oxygen atoms in total. The summed E-state index contributed by atoms with van der Waals surface area (Å²) in [5, 5.41) is 6.92. The van der Waals surface area contributed by atoms with Crippen LogP contribution in [-0.4, -0.2) is 59.4 Å². The van der Waals surface area contributed by atoms with E-state index in [1.165, 1.54) is 18.0 Å². The fraction of sp³-hybridized carbons (Fsp3) is 0.533. The molecule has 0 saturated heterocycles. The smallest absolute Gasteiger partial charge is 0.346 e. The standard InChI is InChI=1S/C15H21N5O5S/c1-18(26(2,23)24)10-13(21)16-7-8-19-15(22)20(11-5-6-11)14(17-19)12-4-3-9-25-12/h3-4,9,11H,5-8,10H2,1-2H3,(H,16,21). The number of nitrogens with zero attached hydrogens (tertiary/aromatic N) is 4. The van der Waals surface area contributed by atoms with Crippen molar-refractivity contribution in [2.24, 2.45) is 0 Å². The van der Waals surface area contributed by atoms with Gasteiger partial charge in [0.25, 0.3) is 0 Å². The Hall–Kier alpha value is -2.40. The lowest BCUT2D eigenvalue weighted by molar-refractivity contribution is -0.121. The molecule has 2 heterocycles. The molecule has 0 aromatic carbocycles. The zero-order valence-corrected chi connectivity index (χ0v) is 15.4. The average Bonchev–Trinajstić information content (AvgIpc) is 3.13. The third-order valence-electron chi connectivity index (χ3n) is 4.10. The normalized spacial score (nSPS) is 14.7. The monoisotopic (exact) mass is 383 g/mol. The Bertz CT molecular complexity index is 940. The second-order valence-electron chi connectivity index (χ2n) is 6.28. The summed E-state index contributed by atoms with van der Waals surface area (Å²) in [4.78, 5) is 24.4. The Balaban J connectivity index is 1.65. The summed E-state index contributed by atoms with van der Waals surface area (Å²) in [7, 11) is -2.09. The number of nitrogens with one attached hydrogen (secondary N) is 1. The molecule has 1 N–H and O–H groups in total. The maximum absolute atomic E-state index is 12.6. The highest BCUT2D eigenvalue weighted by Crippen LogP contribution is 2.36. The molecule has 26 heavy (non-hydrogen) atoms. The Kier molecular flexibility index (Phi) is 5.01. The first-order valence-electron chi connectivity index (χ1n) is 8.18. The van der Waals surface area contributed by atoms with Crippen molar-refractivity contribution in [3.63, 3.8) is 0 Å². The van der Waals surface area contributed by atoms with Gasteiger partial charge in [0, 0.05) is 19.6 Å². The summed E-state index contributed by atoms with van der Waals surface area (Å²) in [6, 6.07) is 3.61. The molecule has 0 spiro atoms. The lowest BCUT2D eigenvalue weighted by Gasteiger charge is -2.13. The van der Waals surface area contributed by atoms with Crippen molar-refractivity contribution in [1.29, 1.82) is 0 Å². The second kappa shape index (κ2) is 7.08. The summed E-state index contributed by atoms with van der Waals surface area (Å²) in [6.07, 6.45) is 4.40. The van der Waals surface area contributed by atoms with Crippen LogP contribution in [0.15, 0.2) is 27.6 Å². The van der Waals surface area contributed by atoms with Crippen molar-refractivity contribution < 1.29 is 17.6 Å². The number of hydrogen-bond donors (Lipinski definition) is 1. The zero-order chi connectivity index (χ0) is 18.9. The minimum absolute atomic E-state index is 0.134. The molecule has 3 rings (SSSR count). The average molecular weight is 383 g/mol. The molecule has 11 heteroatoms. The maximum Gasteiger partial charge on any atom is 0.346 e. The maximum atomic E-state index is 12.6. The molecule has 2 aromatic rings. The van der Waals surface area contributed by atoms with Gasteiger partial charge >= 0.3 is 5.69 Å². The van der Waals surface area contributed by atoms with Gasteiger partial charge in [-0.15, -0.1) is 5.10 Å². The van der Waals surface area contributed by atoms with Gasteiger partial charge in [0.15, 0.2) is 5.76 Å². The van der Waals surface area contributed by atoms with E-state index in [2.05, 4.69) is 10.4 Å². The van der Waals surface area contributed by atoms with E-state index in [4.69, 9.17) is 4.42 Å². The number of aromatic nitrogens is 3. The molecule has 0 atom stereocenters. The summed E-state index contributed by atoms with van der Waals surface area (Å²) in [5.41, 5.74) is -0.249. The van der Waals surface area contributed by atoms with E-state index in [-0.39, 0.29) is 31.4 Å². The van der Waals surface area contributed by atoms with Gasteiger partial charge in [0.2, 0.25) is 21.8 Å². The van der Waals surface area contributed by atoms with Crippen LogP contribution in [0.1, 0.15) is 18.9 Å². The number of furan rings is 1. The van der Waals surface area contributed by atoms with Crippen molar-refractivity contribution in [2.75, 3.05) is 26.4 Å². The van der Waals surface area contributed by atoms with Gasteiger partial charge in [-0.05, 0) is 25.0 Å². The van der Waals surface area contributed by atoms with Crippen LogP contribution in [0.5, 0.6) is 0 Å². The lowest BCUT2D eigenvalue weighted by Crippen LogP contribution is -2.39. The molecule has 0 aliphatic heterocycles. The van der Waals surface area contributed by atoms with Crippen molar-refractivity contribution in [3.05, 3.63) is 28.9 Å². The van der Waals surface area contributed by atoms with Crippen LogP contribution in [0.25, 0.3) is 11.6 Å². The van der Waals surface area contributed by atoms with Gasteiger partial charge in [-0.1, -0.05) is 0 Å². The molecular weight excluding hydrogens is 362 g/mol. The summed E-state index contributed by atoms with van der Waals surface area (Å²) >= 11 is 0. The molecule has 1 amide bonds. The highest BCUT2D eigenvalue weighted by Gasteiger charge is 2.31. The molecule has 1 saturated carbocycles. The Labute approximate surface area is 150 Å². The Morgan fingerprint density at radius 2 is 2.19 bits per heavy atom. The number of likely N-dealkylation sites (N-methyl/N-ethyl adjacent to an activating group) is 1. The molecule has 0 bridgehead atoms. The number of carbonyl (C=O) groups excluding carboxylic acids is 1. The molecule has 0 radical (unpaired) electrons. The Morgan fingerprint density at radius 1 is 1.46 bits per heavy atom. The minimum atomic E-state index is -3.42. The van der Waals surface area contributed by atoms with Crippen molar-refractivity contribution in [3.8, 4) is 11.6 Å². The summed E-state index contributed by atoms with van der Waals surface area (Å²) < 4.78 is 31.8. The van der Waals surface area contributed by atoms with Crippen molar-refractivity contribution >= 4 is 15.9 Å². The summed E-state index contributed by atoms with van der Waals surface area (Å²) in [6.45, 7) is 0.0676.